The number of esters is 1. The fourth-order valence-electron chi connectivity index (χ4n) is 1.70. The van der Waals surface area contributed by atoms with Crippen molar-refractivity contribution in [3.8, 4) is 0 Å². The zero-order chi connectivity index (χ0) is 14.4. The molecule has 0 spiro atoms. The third-order valence-electron chi connectivity index (χ3n) is 2.59. The lowest BCUT2D eigenvalue weighted by atomic mass is 10.3. The number of carbonyl (C=O) groups is 1. The Labute approximate surface area is 119 Å². The van der Waals surface area contributed by atoms with E-state index in [2.05, 4.69) is 15.4 Å². The number of carbonyl (C=O) groups excluding carboxylic acids is 1. The summed E-state index contributed by atoms with van der Waals surface area (Å²) >= 11 is 1.32. The molecule has 0 fully saturated rings. The number of aromatic nitrogens is 3. The molecule has 8 heteroatoms. The van der Waals surface area contributed by atoms with E-state index in [1.54, 1.807) is 12.4 Å². The Morgan fingerprint density at radius 3 is 3.20 bits per heavy atom. The van der Waals surface area contributed by atoms with Crippen LogP contribution in [0.5, 0.6) is 0 Å². The number of hydrogen-bond acceptors (Lipinski definition) is 7. The fraction of sp³-hybridized carbons (Fsp3) is 0.500. The first-order valence-corrected chi connectivity index (χ1v) is 7.27. The molecule has 0 radical (unpaired) electrons. The molecular weight excluding hydrogens is 280 g/mol. The van der Waals surface area contributed by atoms with Crippen LogP contribution in [-0.4, -0.2) is 33.7 Å². The highest BCUT2D eigenvalue weighted by Crippen LogP contribution is 2.03. The summed E-state index contributed by atoms with van der Waals surface area (Å²) in [5.41, 5.74) is 2.08. The number of rotatable bonds is 7. The van der Waals surface area contributed by atoms with Crippen molar-refractivity contribution in [2.45, 2.75) is 26.3 Å². The maximum absolute atomic E-state index is 11.7. The third kappa shape index (κ3) is 3.84. The van der Waals surface area contributed by atoms with Crippen LogP contribution in [0, 0.1) is 0 Å². The van der Waals surface area contributed by atoms with E-state index < -0.39 is 0 Å². The lowest BCUT2D eigenvalue weighted by Crippen LogP contribution is -2.21. The van der Waals surface area contributed by atoms with Gasteiger partial charge in [0, 0.05) is 19.0 Å². The van der Waals surface area contributed by atoms with Crippen LogP contribution in [0.2, 0.25) is 0 Å². The second-order valence-corrected chi connectivity index (χ2v) is 4.92. The van der Waals surface area contributed by atoms with E-state index in [1.807, 2.05) is 0 Å². The first-order valence-electron chi connectivity index (χ1n) is 6.39. The van der Waals surface area contributed by atoms with Gasteiger partial charge < -0.3 is 10.1 Å². The van der Waals surface area contributed by atoms with Gasteiger partial charge in [-0.25, -0.2) is 4.98 Å². The quantitative estimate of drug-likeness (QED) is 0.594. The molecular formula is C12H16N4O3S. The van der Waals surface area contributed by atoms with E-state index in [9.17, 15) is 9.59 Å². The van der Waals surface area contributed by atoms with Crippen LogP contribution in [0.25, 0.3) is 4.96 Å². The molecule has 0 aliphatic heterocycles. The molecule has 0 unspecified atom stereocenters. The molecule has 2 aromatic rings. The fourth-order valence-corrected chi connectivity index (χ4v) is 2.34. The minimum Gasteiger partial charge on any atom is -0.466 e. The maximum atomic E-state index is 11.7. The van der Waals surface area contributed by atoms with E-state index in [0.29, 0.717) is 43.2 Å². The van der Waals surface area contributed by atoms with Gasteiger partial charge >= 0.3 is 5.97 Å². The molecule has 0 aromatic carbocycles. The Hall–Kier alpha value is -1.80. The maximum Gasteiger partial charge on any atom is 0.305 e. The first kappa shape index (κ1) is 14.6. The zero-order valence-corrected chi connectivity index (χ0v) is 12.0. The highest BCUT2D eigenvalue weighted by molar-refractivity contribution is 7.14. The van der Waals surface area contributed by atoms with Crippen LogP contribution < -0.4 is 10.9 Å². The Bertz CT molecular complexity index is 637. The zero-order valence-electron chi connectivity index (χ0n) is 11.2. The SMILES string of the molecule is CCOC(=O)CCCNCc1cc(=O)n2ncsc2n1. The first-order chi connectivity index (χ1) is 9.70. The van der Waals surface area contributed by atoms with E-state index in [4.69, 9.17) is 4.74 Å². The number of fused-ring (bicyclic) bond motifs is 1. The van der Waals surface area contributed by atoms with Crippen LogP contribution in [0.3, 0.4) is 0 Å². The van der Waals surface area contributed by atoms with Crippen molar-refractivity contribution in [2.75, 3.05) is 13.2 Å². The van der Waals surface area contributed by atoms with Gasteiger partial charge in [-0.1, -0.05) is 11.3 Å². The lowest BCUT2D eigenvalue weighted by Gasteiger charge is -2.04. The highest BCUT2D eigenvalue weighted by Gasteiger charge is 2.04. The molecule has 0 aliphatic rings. The second kappa shape index (κ2) is 7.11. The molecule has 0 atom stereocenters. The van der Waals surface area contributed by atoms with Crippen molar-refractivity contribution in [2.24, 2.45) is 0 Å². The second-order valence-electron chi connectivity index (χ2n) is 4.10. The smallest absolute Gasteiger partial charge is 0.305 e. The molecule has 20 heavy (non-hydrogen) atoms. The number of nitrogens with one attached hydrogen (secondary N) is 1. The molecule has 7 nitrogen and oxygen atoms in total. The summed E-state index contributed by atoms with van der Waals surface area (Å²) in [4.78, 5) is 27.7. The minimum absolute atomic E-state index is 0.181. The van der Waals surface area contributed by atoms with Gasteiger partial charge in [0.15, 0.2) is 0 Å². The van der Waals surface area contributed by atoms with Crippen LogP contribution >= 0.6 is 11.3 Å². The Morgan fingerprint density at radius 1 is 1.55 bits per heavy atom. The summed E-state index contributed by atoms with van der Waals surface area (Å²) in [7, 11) is 0. The van der Waals surface area contributed by atoms with Crippen molar-refractivity contribution in [3.63, 3.8) is 0 Å². The van der Waals surface area contributed by atoms with Crippen LogP contribution in [0.15, 0.2) is 16.4 Å². The van der Waals surface area contributed by atoms with E-state index in [0.717, 1.165) is 0 Å². The molecule has 2 rings (SSSR count). The Kier molecular flexibility index (Phi) is 5.19. The molecule has 0 amide bonds. The summed E-state index contributed by atoms with van der Waals surface area (Å²) in [6, 6.07) is 1.46. The van der Waals surface area contributed by atoms with Crippen LogP contribution in [-0.2, 0) is 16.1 Å². The van der Waals surface area contributed by atoms with E-state index >= 15 is 0 Å². The minimum atomic E-state index is -0.184. The molecule has 0 saturated heterocycles. The van der Waals surface area contributed by atoms with E-state index in [-0.39, 0.29) is 11.5 Å². The van der Waals surface area contributed by atoms with Gasteiger partial charge in [0.25, 0.3) is 5.56 Å². The van der Waals surface area contributed by atoms with E-state index in [1.165, 1.54) is 21.9 Å². The van der Waals surface area contributed by atoms with Crippen molar-refractivity contribution in [3.05, 3.63) is 27.6 Å². The summed E-state index contributed by atoms with van der Waals surface area (Å²) in [6.07, 6.45) is 1.09. The number of nitrogens with zero attached hydrogens (tertiary/aromatic N) is 3. The number of hydrogen-bond donors (Lipinski definition) is 1. The molecule has 2 heterocycles. The van der Waals surface area contributed by atoms with Gasteiger partial charge in [-0.2, -0.15) is 9.61 Å². The largest absolute Gasteiger partial charge is 0.466 e. The number of ether oxygens (including phenoxy) is 1. The summed E-state index contributed by atoms with van der Waals surface area (Å²) < 4.78 is 6.11. The topological polar surface area (TPSA) is 85.6 Å². The predicted molar refractivity (Wildman–Crippen MR) is 74.7 cm³/mol. The molecule has 0 saturated carbocycles. The molecule has 0 aliphatic carbocycles. The van der Waals surface area contributed by atoms with Gasteiger partial charge in [-0.05, 0) is 19.9 Å². The molecule has 108 valence electrons. The molecule has 1 N–H and O–H groups in total. The normalized spacial score (nSPS) is 10.8. The van der Waals surface area contributed by atoms with Gasteiger partial charge in [0.1, 0.15) is 5.51 Å². The predicted octanol–water partition coefficient (Wildman–Crippen LogP) is 0.584. The molecule has 0 bridgehead atoms. The average molecular weight is 296 g/mol. The van der Waals surface area contributed by atoms with Gasteiger partial charge in [0.2, 0.25) is 4.96 Å². The van der Waals surface area contributed by atoms with Gasteiger partial charge in [0.05, 0.1) is 12.3 Å². The summed E-state index contributed by atoms with van der Waals surface area (Å²) in [5, 5.41) is 7.04. The third-order valence-corrected chi connectivity index (χ3v) is 3.26. The summed E-state index contributed by atoms with van der Waals surface area (Å²) in [6.45, 7) is 3.36. The van der Waals surface area contributed by atoms with Crippen molar-refractivity contribution < 1.29 is 9.53 Å². The van der Waals surface area contributed by atoms with Crippen molar-refractivity contribution >= 4 is 22.3 Å². The standard InChI is InChI=1S/C12H16N4O3S/c1-2-19-11(18)4-3-5-13-7-9-6-10(17)16-12(15-9)20-8-14-16/h6,8,13H,2-5,7H2,1H3. The Balaban J connectivity index is 1.78. The highest BCUT2D eigenvalue weighted by atomic mass is 32.1. The lowest BCUT2D eigenvalue weighted by molar-refractivity contribution is -0.143. The average Bonchev–Trinajstić information content (AvgIpc) is 2.87. The monoisotopic (exact) mass is 296 g/mol. The molecule has 2 aromatic heterocycles. The van der Waals surface area contributed by atoms with Crippen molar-refractivity contribution in [1.82, 2.24) is 19.9 Å². The van der Waals surface area contributed by atoms with Gasteiger partial charge in [-0.3, -0.25) is 9.59 Å². The Morgan fingerprint density at radius 2 is 2.40 bits per heavy atom. The summed E-state index contributed by atoms with van der Waals surface area (Å²) in [5.74, 6) is -0.184. The van der Waals surface area contributed by atoms with Crippen molar-refractivity contribution in [1.29, 1.82) is 0 Å². The van der Waals surface area contributed by atoms with Gasteiger partial charge in [-0.15, -0.1) is 0 Å². The van der Waals surface area contributed by atoms with Crippen LogP contribution in [0.1, 0.15) is 25.5 Å². The van der Waals surface area contributed by atoms with Crippen LogP contribution in [0.4, 0.5) is 0 Å².